The van der Waals surface area contributed by atoms with Crippen molar-refractivity contribution in [2.75, 3.05) is 11.9 Å². The summed E-state index contributed by atoms with van der Waals surface area (Å²) in [6, 6.07) is 6.49. The maximum atomic E-state index is 11.7. The van der Waals surface area contributed by atoms with E-state index in [4.69, 9.17) is 5.11 Å². The Bertz CT molecular complexity index is 523. The fourth-order valence-electron chi connectivity index (χ4n) is 1.73. The van der Waals surface area contributed by atoms with Crippen molar-refractivity contribution in [1.82, 2.24) is 5.32 Å². The van der Waals surface area contributed by atoms with Crippen molar-refractivity contribution >= 4 is 23.5 Å². The molecule has 3 N–H and O–H groups in total. The summed E-state index contributed by atoms with van der Waals surface area (Å²) in [5.41, 5.74) is 1.06. The molecule has 22 heavy (non-hydrogen) atoms. The molecule has 120 valence electrons. The maximum Gasteiger partial charge on any atom is 0.305 e. The average molecular weight is 306 g/mol. The molecule has 0 atom stereocenters. The van der Waals surface area contributed by atoms with E-state index in [9.17, 15) is 14.4 Å². The Kier molecular flexibility index (Phi) is 7.08. The van der Waals surface area contributed by atoms with Crippen molar-refractivity contribution in [2.24, 2.45) is 5.92 Å². The molecule has 0 spiro atoms. The lowest BCUT2D eigenvalue weighted by molar-refractivity contribution is -0.136. The summed E-state index contributed by atoms with van der Waals surface area (Å²) in [4.78, 5) is 33.8. The Balaban J connectivity index is 2.46. The monoisotopic (exact) mass is 306 g/mol. The largest absolute Gasteiger partial charge is 0.481 e. The molecule has 0 saturated carbocycles. The summed E-state index contributed by atoms with van der Waals surface area (Å²) in [5, 5.41) is 13.8. The fraction of sp³-hybridized carbons (Fsp3) is 0.438. The lowest BCUT2D eigenvalue weighted by Gasteiger charge is -2.08. The number of hydrogen-bond donors (Lipinski definition) is 3. The van der Waals surface area contributed by atoms with E-state index >= 15 is 0 Å². The molecule has 1 aromatic carbocycles. The topological polar surface area (TPSA) is 95.5 Å². The molecule has 0 aliphatic heterocycles. The molecule has 0 unspecified atom stereocenters. The molecule has 0 fully saturated rings. The predicted molar refractivity (Wildman–Crippen MR) is 83.7 cm³/mol. The molecule has 0 radical (unpaired) electrons. The Labute approximate surface area is 129 Å². The molecule has 0 aromatic heterocycles. The molecule has 6 nitrogen and oxygen atoms in total. The second-order valence-corrected chi connectivity index (χ2v) is 5.46. The van der Waals surface area contributed by atoms with E-state index in [0.717, 1.165) is 6.42 Å². The second-order valence-electron chi connectivity index (χ2n) is 5.46. The van der Waals surface area contributed by atoms with Gasteiger partial charge in [0.1, 0.15) is 0 Å². The highest BCUT2D eigenvalue weighted by Crippen LogP contribution is 2.11. The molecule has 0 saturated heterocycles. The van der Waals surface area contributed by atoms with Gasteiger partial charge in [0, 0.05) is 24.2 Å². The number of amides is 2. The third-order valence-electron chi connectivity index (χ3n) is 3.00. The fourth-order valence-corrected chi connectivity index (χ4v) is 1.73. The third kappa shape index (κ3) is 6.88. The molecule has 2 amide bonds. The Morgan fingerprint density at radius 2 is 1.73 bits per heavy atom. The number of carbonyl (C=O) groups is 3. The van der Waals surface area contributed by atoms with E-state index in [0.29, 0.717) is 23.6 Å². The van der Waals surface area contributed by atoms with Crippen LogP contribution in [0, 0.1) is 5.92 Å². The number of benzene rings is 1. The van der Waals surface area contributed by atoms with Crippen LogP contribution in [0.4, 0.5) is 5.69 Å². The SMILES string of the molecule is CC(C)CCC(=O)Nc1ccc(C(=O)NCCC(=O)O)cc1. The average Bonchev–Trinajstić information content (AvgIpc) is 2.45. The first-order chi connectivity index (χ1) is 10.4. The molecule has 0 bridgehead atoms. The number of anilines is 1. The second kappa shape index (κ2) is 8.81. The van der Waals surface area contributed by atoms with Crippen LogP contribution in [-0.2, 0) is 9.59 Å². The van der Waals surface area contributed by atoms with Crippen LogP contribution >= 0.6 is 0 Å². The Morgan fingerprint density at radius 1 is 1.09 bits per heavy atom. The molecule has 0 aliphatic carbocycles. The van der Waals surface area contributed by atoms with Crippen LogP contribution in [-0.4, -0.2) is 29.4 Å². The van der Waals surface area contributed by atoms with Crippen LogP contribution in [0.15, 0.2) is 24.3 Å². The van der Waals surface area contributed by atoms with Gasteiger partial charge in [-0.3, -0.25) is 14.4 Å². The summed E-state index contributed by atoms with van der Waals surface area (Å²) in [6.45, 7) is 4.21. The predicted octanol–water partition coefficient (Wildman–Crippen LogP) is 2.27. The van der Waals surface area contributed by atoms with Gasteiger partial charge in [-0.05, 0) is 36.6 Å². The van der Waals surface area contributed by atoms with Crippen molar-refractivity contribution < 1.29 is 19.5 Å². The van der Waals surface area contributed by atoms with Crippen LogP contribution in [0.2, 0.25) is 0 Å². The number of nitrogens with one attached hydrogen (secondary N) is 2. The quantitative estimate of drug-likeness (QED) is 0.686. The van der Waals surface area contributed by atoms with Gasteiger partial charge in [0.15, 0.2) is 0 Å². The van der Waals surface area contributed by atoms with Crippen LogP contribution < -0.4 is 10.6 Å². The van der Waals surface area contributed by atoms with Crippen molar-refractivity contribution in [1.29, 1.82) is 0 Å². The first-order valence-corrected chi connectivity index (χ1v) is 7.28. The highest BCUT2D eigenvalue weighted by molar-refractivity contribution is 5.95. The zero-order valence-corrected chi connectivity index (χ0v) is 12.9. The standard InChI is InChI=1S/C16H22N2O4/c1-11(2)3-8-14(19)18-13-6-4-12(5-7-13)16(22)17-10-9-15(20)21/h4-7,11H,3,8-10H2,1-2H3,(H,17,22)(H,18,19)(H,20,21). The van der Waals surface area contributed by atoms with E-state index in [1.807, 2.05) is 0 Å². The molecule has 6 heteroatoms. The van der Waals surface area contributed by atoms with E-state index < -0.39 is 5.97 Å². The van der Waals surface area contributed by atoms with Gasteiger partial charge in [-0.1, -0.05) is 13.8 Å². The highest BCUT2D eigenvalue weighted by Gasteiger charge is 2.07. The van der Waals surface area contributed by atoms with E-state index in [-0.39, 0.29) is 24.8 Å². The zero-order chi connectivity index (χ0) is 16.5. The summed E-state index contributed by atoms with van der Waals surface area (Å²) >= 11 is 0. The summed E-state index contributed by atoms with van der Waals surface area (Å²) in [5.74, 6) is -0.867. The Morgan fingerprint density at radius 3 is 2.27 bits per heavy atom. The summed E-state index contributed by atoms with van der Waals surface area (Å²) in [6.07, 6.45) is 1.18. The van der Waals surface area contributed by atoms with Crippen molar-refractivity contribution in [2.45, 2.75) is 33.1 Å². The van der Waals surface area contributed by atoms with Crippen molar-refractivity contribution in [3.05, 3.63) is 29.8 Å². The van der Waals surface area contributed by atoms with Gasteiger partial charge in [-0.2, -0.15) is 0 Å². The number of carboxylic acid groups (broad SMARTS) is 1. The van der Waals surface area contributed by atoms with Crippen molar-refractivity contribution in [3.8, 4) is 0 Å². The summed E-state index contributed by atoms with van der Waals surface area (Å²) in [7, 11) is 0. The van der Waals surface area contributed by atoms with Crippen LogP contribution in [0.1, 0.15) is 43.5 Å². The molecule has 1 aromatic rings. The van der Waals surface area contributed by atoms with Gasteiger partial charge in [0.05, 0.1) is 6.42 Å². The molecular weight excluding hydrogens is 284 g/mol. The molecule has 0 heterocycles. The molecule has 0 aliphatic rings. The number of hydrogen-bond acceptors (Lipinski definition) is 3. The van der Waals surface area contributed by atoms with Gasteiger partial charge in [-0.25, -0.2) is 0 Å². The maximum absolute atomic E-state index is 11.7. The van der Waals surface area contributed by atoms with Crippen molar-refractivity contribution in [3.63, 3.8) is 0 Å². The minimum Gasteiger partial charge on any atom is -0.481 e. The summed E-state index contributed by atoms with van der Waals surface area (Å²) < 4.78 is 0. The molecular formula is C16H22N2O4. The molecule has 1 rings (SSSR count). The minimum absolute atomic E-state index is 0.0487. The lowest BCUT2D eigenvalue weighted by atomic mass is 10.1. The number of aliphatic carboxylic acids is 1. The first kappa shape index (κ1) is 17.7. The van der Waals surface area contributed by atoms with Gasteiger partial charge in [0.2, 0.25) is 5.91 Å². The first-order valence-electron chi connectivity index (χ1n) is 7.28. The number of rotatable bonds is 8. The Hall–Kier alpha value is -2.37. The van der Waals surface area contributed by atoms with Crippen LogP contribution in [0.5, 0.6) is 0 Å². The smallest absolute Gasteiger partial charge is 0.305 e. The van der Waals surface area contributed by atoms with Gasteiger partial charge < -0.3 is 15.7 Å². The van der Waals surface area contributed by atoms with Gasteiger partial charge >= 0.3 is 5.97 Å². The zero-order valence-electron chi connectivity index (χ0n) is 12.9. The number of carbonyl (C=O) groups excluding carboxylic acids is 2. The normalized spacial score (nSPS) is 10.3. The van der Waals surface area contributed by atoms with Crippen LogP contribution in [0.25, 0.3) is 0 Å². The third-order valence-corrected chi connectivity index (χ3v) is 3.00. The minimum atomic E-state index is -0.959. The van der Waals surface area contributed by atoms with Gasteiger partial charge in [-0.15, -0.1) is 0 Å². The lowest BCUT2D eigenvalue weighted by Crippen LogP contribution is -2.25. The van der Waals surface area contributed by atoms with E-state index in [2.05, 4.69) is 24.5 Å². The highest BCUT2D eigenvalue weighted by atomic mass is 16.4. The van der Waals surface area contributed by atoms with Crippen LogP contribution in [0.3, 0.4) is 0 Å². The number of carboxylic acids is 1. The van der Waals surface area contributed by atoms with E-state index in [1.54, 1.807) is 24.3 Å². The van der Waals surface area contributed by atoms with E-state index in [1.165, 1.54) is 0 Å². The van der Waals surface area contributed by atoms with Gasteiger partial charge in [0.25, 0.3) is 5.91 Å².